The lowest BCUT2D eigenvalue weighted by Gasteiger charge is -2.17. The van der Waals surface area contributed by atoms with Crippen LogP contribution in [0, 0.1) is 0 Å². The highest BCUT2D eigenvalue weighted by Gasteiger charge is 2.20. The fourth-order valence-electron chi connectivity index (χ4n) is 2.88. The van der Waals surface area contributed by atoms with Crippen molar-refractivity contribution in [1.29, 1.82) is 0 Å². The van der Waals surface area contributed by atoms with Crippen molar-refractivity contribution < 1.29 is 4.79 Å². The molecule has 3 heteroatoms. The van der Waals surface area contributed by atoms with Gasteiger partial charge >= 0.3 is 0 Å². The molecule has 3 nitrogen and oxygen atoms in total. The van der Waals surface area contributed by atoms with Gasteiger partial charge in [-0.25, -0.2) is 0 Å². The van der Waals surface area contributed by atoms with Gasteiger partial charge in [0.15, 0.2) is 0 Å². The average molecular weight is 280 g/mol. The van der Waals surface area contributed by atoms with Crippen molar-refractivity contribution in [2.45, 2.75) is 6.42 Å². The Hall–Kier alpha value is -2.13. The smallest absolute Gasteiger partial charge is 0.253 e. The first kappa shape index (κ1) is 13.8. The van der Waals surface area contributed by atoms with Crippen LogP contribution in [0.3, 0.4) is 0 Å². The van der Waals surface area contributed by atoms with Gasteiger partial charge in [0.05, 0.1) is 0 Å². The van der Waals surface area contributed by atoms with E-state index in [4.69, 9.17) is 0 Å². The zero-order valence-corrected chi connectivity index (χ0v) is 12.5. The maximum absolute atomic E-state index is 12.4. The summed E-state index contributed by atoms with van der Waals surface area (Å²) in [6.07, 6.45) is 0.923. The molecule has 0 radical (unpaired) electrons. The molecule has 1 N–H and O–H groups in total. The van der Waals surface area contributed by atoms with Crippen LogP contribution in [0.1, 0.15) is 21.5 Å². The number of hydrogen-bond donors (Lipinski definition) is 1. The summed E-state index contributed by atoms with van der Waals surface area (Å²) >= 11 is 0. The van der Waals surface area contributed by atoms with Crippen LogP contribution in [0.15, 0.2) is 42.5 Å². The molecule has 0 bridgehead atoms. The minimum Gasteiger partial charge on any atom is -0.340 e. The molecule has 0 aromatic heterocycles. The van der Waals surface area contributed by atoms with Crippen molar-refractivity contribution in [2.75, 3.05) is 27.2 Å². The highest BCUT2D eigenvalue weighted by molar-refractivity contribution is 5.95. The van der Waals surface area contributed by atoms with Crippen molar-refractivity contribution in [3.63, 3.8) is 0 Å². The second-order valence-corrected chi connectivity index (χ2v) is 5.54. The number of fused-ring (bicyclic) bond motifs is 3. The molecule has 3 rings (SSSR count). The highest BCUT2D eigenvalue weighted by Crippen LogP contribution is 2.36. The summed E-state index contributed by atoms with van der Waals surface area (Å²) in [5, 5.41) is 3.06. The highest BCUT2D eigenvalue weighted by atomic mass is 16.2. The Bertz CT molecular complexity index is 679. The van der Waals surface area contributed by atoms with Gasteiger partial charge in [0.25, 0.3) is 5.91 Å². The molecule has 0 fully saturated rings. The van der Waals surface area contributed by atoms with Crippen LogP contribution in [0.5, 0.6) is 0 Å². The third-order valence-corrected chi connectivity index (χ3v) is 4.08. The summed E-state index contributed by atoms with van der Waals surface area (Å²) in [6, 6.07) is 14.5. The minimum atomic E-state index is 0.0870. The van der Waals surface area contributed by atoms with E-state index in [0.717, 1.165) is 18.5 Å². The second kappa shape index (κ2) is 5.70. The second-order valence-electron chi connectivity index (χ2n) is 5.54. The van der Waals surface area contributed by atoms with E-state index in [-0.39, 0.29) is 5.91 Å². The first-order valence-electron chi connectivity index (χ1n) is 7.32. The largest absolute Gasteiger partial charge is 0.340 e. The topological polar surface area (TPSA) is 32.3 Å². The monoisotopic (exact) mass is 280 g/mol. The third kappa shape index (κ3) is 2.57. The fraction of sp³-hybridized carbons (Fsp3) is 0.278. The molecule has 0 saturated heterocycles. The number of likely N-dealkylation sites (N-methyl/N-ethyl adjacent to an activating group) is 2. The standard InChI is InChI=1S/C18H20N2O/c1-19-9-10-20(2)18(21)14-7-8-17-15(12-14)11-13-5-3-4-6-16(13)17/h3-8,12,19H,9-11H2,1-2H3. The summed E-state index contributed by atoms with van der Waals surface area (Å²) in [4.78, 5) is 14.2. The quantitative estimate of drug-likeness (QED) is 0.796. The molecular weight excluding hydrogens is 260 g/mol. The third-order valence-electron chi connectivity index (χ3n) is 4.08. The van der Waals surface area contributed by atoms with Gasteiger partial charge in [0.2, 0.25) is 0 Å². The van der Waals surface area contributed by atoms with Crippen LogP contribution >= 0.6 is 0 Å². The lowest BCUT2D eigenvalue weighted by molar-refractivity contribution is 0.0797. The van der Waals surface area contributed by atoms with Crippen molar-refractivity contribution in [1.82, 2.24) is 10.2 Å². The maximum atomic E-state index is 12.4. The van der Waals surface area contributed by atoms with Gasteiger partial charge in [-0.1, -0.05) is 30.3 Å². The zero-order valence-electron chi connectivity index (χ0n) is 12.5. The van der Waals surface area contributed by atoms with E-state index in [2.05, 4.69) is 35.6 Å². The molecule has 0 heterocycles. The Morgan fingerprint density at radius 1 is 1.14 bits per heavy atom. The first-order chi connectivity index (χ1) is 10.2. The van der Waals surface area contributed by atoms with E-state index in [0.29, 0.717) is 6.54 Å². The normalized spacial score (nSPS) is 11.9. The number of carbonyl (C=O) groups is 1. The molecule has 1 aliphatic carbocycles. The Morgan fingerprint density at radius 3 is 2.71 bits per heavy atom. The van der Waals surface area contributed by atoms with E-state index < -0.39 is 0 Å². The molecule has 21 heavy (non-hydrogen) atoms. The lowest BCUT2D eigenvalue weighted by Crippen LogP contribution is -2.32. The lowest BCUT2D eigenvalue weighted by atomic mass is 10.0. The average Bonchev–Trinajstić information content (AvgIpc) is 2.89. The van der Waals surface area contributed by atoms with Gasteiger partial charge in [-0.05, 0) is 47.9 Å². The molecular formula is C18H20N2O. The van der Waals surface area contributed by atoms with E-state index in [1.165, 1.54) is 22.3 Å². The number of rotatable bonds is 4. The molecule has 2 aromatic carbocycles. The predicted octanol–water partition coefficient (Wildman–Crippen LogP) is 2.55. The van der Waals surface area contributed by atoms with Gasteiger partial charge in [-0.2, -0.15) is 0 Å². The Labute approximate surface area is 125 Å². The molecule has 0 spiro atoms. The summed E-state index contributed by atoms with van der Waals surface area (Å²) < 4.78 is 0. The molecule has 0 unspecified atom stereocenters. The van der Waals surface area contributed by atoms with Crippen LogP contribution in [0.2, 0.25) is 0 Å². The maximum Gasteiger partial charge on any atom is 0.253 e. The van der Waals surface area contributed by atoms with E-state index in [1.54, 1.807) is 4.90 Å². The molecule has 1 aliphatic rings. The van der Waals surface area contributed by atoms with Crippen molar-refractivity contribution >= 4 is 5.91 Å². The Morgan fingerprint density at radius 2 is 1.90 bits per heavy atom. The zero-order chi connectivity index (χ0) is 14.8. The van der Waals surface area contributed by atoms with Crippen LogP contribution in [0.4, 0.5) is 0 Å². The summed E-state index contributed by atoms with van der Waals surface area (Å²) in [6.45, 7) is 1.52. The SMILES string of the molecule is CNCCN(C)C(=O)c1ccc2c(c1)Cc1ccccc1-2. The van der Waals surface area contributed by atoms with Gasteiger partial charge in [0.1, 0.15) is 0 Å². The van der Waals surface area contributed by atoms with Crippen LogP contribution in [-0.2, 0) is 6.42 Å². The number of nitrogens with zero attached hydrogens (tertiary/aromatic N) is 1. The number of benzene rings is 2. The number of nitrogens with one attached hydrogen (secondary N) is 1. The Kier molecular flexibility index (Phi) is 3.76. The minimum absolute atomic E-state index is 0.0870. The van der Waals surface area contributed by atoms with Crippen molar-refractivity contribution in [3.8, 4) is 11.1 Å². The molecule has 1 amide bonds. The molecule has 0 atom stereocenters. The predicted molar refractivity (Wildman–Crippen MR) is 85.6 cm³/mol. The fourth-order valence-corrected chi connectivity index (χ4v) is 2.88. The molecule has 0 aliphatic heterocycles. The Balaban J connectivity index is 1.85. The van der Waals surface area contributed by atoms with Crippen LogP contribution in [0.25, 0.3) is 11.1 Å². The van der Waals surface area contributed by atoms with Crippen LogP contribution in [-0.4, -0.2) is 38.0 Å². The summed E-state index contributed by atoms with van der Waals surface area (Å²) in [5.74, 6) is 0.0870. The van der Waals surface area contributed by atoms with E-state index >= 15 is 0 Å². The van der Waals surface area contributed by atoms with Crippen LogP contribution < -0.4 is 5.32 Å². The van der Waals surface area contributed by atoms with Gasteiger partial charge in [0, 0.05) is 25.7 Å². The number of hydrogen-bond acceptors (Lipinski definition) is 2. The van der Waals surface area contributed by atoms with Crippen molar-refractivity contribution in [2.24, 2.45) is 0 Å². The van der Waals surface area contributed by atoms with E-state index in [1.807, 2.05) is 26.2 Å². The van der Waals surface area contributed by atoms with E-state index in [9.17, 15) is 4.79 Å². The first-order valence-corrected chi connectivity index (χ1v) is 7.32. The van der Waals surface area contributed by atoms with Gasteiger partial charge in [-0.3, -0.25) is 4.79 Å². The van der Waals surface area contributed by atoms with Gasteiger partial charge in [-0.15, -0.1) is 0 Å². The summed E-state index contributed by atoms with van der Waals surface area (Å²) in [7, 11) is 3.74. The van der Waals surface area contributed by atoms with Crippen molar-refractivity contribution in [3.05, 3.63) is 59.2 Å². The molecule has 108 valence electrons. The number of amides is 1. The number of carbonyl (C=O) groups excluding carboxylic acids is 1. The molecule has 0 saturated carbocycles. The summed E-state index contributed by atoms with van der Waals surface area (Å²) in [5.41, 5.74) is 5.94. The molecule has 2 aromatic rings. The van der Waals surface area contributed by atoms with Gasteiger partial charge < -0.3 is 10.2 Å².